The molecule has 4 rings (SSSR count). The van der Waals surface area contributed by atoms with Crippen LogP contribution in [-0.4, -0.2) is 54.5 Å². The van der Waals surface area contributed by atoms with E-state index in [0.717, 1.165) is 13.0 Å². The third kappa shape index (κ3) is 3.56. The minimum Gasteiger partial charge on any atom is -0.378 e. The van der Waals surface area contributed by atoms with Crippen LogP contribution in [0.4, 0.5) is 0 Å². The van der Waals surface area contributed by atoms with Crippen LogP contribution in [0.25, 0.3) is 0 Å². The Kier molecular flexibility index (Phi) is 5.38. The van der Waals surface area contributed by atoms with Crippen molar-refractivity contribution >= 4 is 34.5 Å². The van der Waals surface area contributed by atoms with E-state index in [2.05, 4.69) is 22.9 Å². The minimum absolute atomic E-state index is 0.00371. The number of hydrogen-bond acceptors (Lipinski definition) is 5. The van der Waals surface area contributed by atoms with Crippen molar-refractivity contribution in [3.8, 4) is 0 Å². The maximum atomic E-state index is 13.0. The number of ether oxygens (including phenoxy) is 1. The Morgan fingerprint density at radius 1 is 1.04 bits per heavy atom. The summed E-state index contributed by atoms with van der Waals surface area (Å²) in [6, 6.07) is 6.27. The van der Waals surface area contributed by atoms with Crippen molar-refractivity contribution in [2.45, 2.75) is 25.3 Å². The van der Waals surface area contributed by atoms with Gasteiger partial charge in [-0.1, -0.05) is 6.07 Å². The number of morpholine rings is 1. The van der Waals surface area contributed by atoms with Gasteiger partial charge in [0, 0.05) is 42.2 Å². The number of carbonyl (C=O) groups excluding carboxylic acids is 2. The number of rotatable bonds is 4. The molecule has 0 aliphatic carbocycles. The highest BCUT2D eigenvalue weighted by molar-refractivity contribution is 7.10. The average Bonchev–Trinajstić information content (AvgIpc) is 3.37. The van der Waals surface area contributed by atoms with Crippen LogP contribution in [0.3, 0.4) is 0 Å². The number of fused-ring (bicyclic) bond motifs is 1. The van der Waals surface area contributed by atoms with Gasteiger partial charge in [-0.2, -0.15) is 0 Å². The molecule has 138 valence electrons. The summed E-state index contributed by atoms with van der Waals surface area (Å²) in [5.41, 5.74) is 1.25. The molecule has 1 fully saturated rings. The highest BCUT2D eigenvalue weighted by Crippen LogP contribution is 2.39. The molecular formula is C19H22N2O3S2. The highest BCUT2D eigenvalue weighted by atomic mass is 32.1. The molecule has 0 aromatic carbocycles. The Morgan fingerprint density at radius 3 is 2.62 bits per heavy atom. The van der Waals surface area contributed by atoms with Gasteiger partial charge < -0.3 is 14.5 Å². The molecule has 0 N–H and O–H groups in total. The first-order valence-electron chi connectivity index (χ1n) is 8.98. The Labute approximate surface area is 161 Å². The zero-order valence-corrected chi connectivity index (χ0v) is 16.2. The van der Waals surface area contributed by atoms with Crippen LogP contribution in [0.2, 0.25) is 0 Å². The largest absolute Gasteiger partial charge is 0.378 e. The van der Waals surface area contributed by atoms with E-state index in [0.29, 0.717) is 26.3 Å². The summed E-state index contributed by atoms with van der Waals surface area (Å²) in [6.45, 7) is 3.17. The fraction of sp³-hybridized carbons (Fsp3) is 0.474. The second-order valence-corrected chi connectivity index (χ2v) is 8.53. The molecule has 1 unspecified atom stereocenters. The van der Waals surface area contributed by atoms with Crippen molar-refractivity contribution in [1.29, 1.82) is 0 Å². The zero-order valence-electron chi connectivity index (χ0n) is 14.6. The SMILES string of the molecule is O=C(CCC(=O)N1CCc2sccc2C1c1cccs1)N1CCOCC1. The second kappa shape index (κ2) is 7.90. The second-order valence-electron chi connectivity index (χ2n) is 6.55. The molecule has 2 aliphatic heterocycles. The van der Waals surface area contributed by atoms with Gasteiger partial charge in [0.25, 0.3) is 0 Å². The lowest BCUT2D eigenvalue weighted by molar-refractivity contribution is -0.140. The molecule has 1 atom stereocenters. The predicted octanol–water partition coefficient (Wildman–Crippen LogP) is 2.92. The molecule has 2 aromatic heterocycles. The Morgan fingerprint density at radius 2 is 1.85 bits per heavy atom. The van der Waals surface area contributed by atoms with Gasteiger partial charge >= 0.3 is 0 Å². The van der Waals surface area contributed by atoms with Crippen molar-refractivity contribution in [2.24, 2.45) is 0 Å². The van der Waals surface area contributed by atoms with Crippen molar-refractivity contribution in [1.82, 2.24) is 9.80 Å². The quantitative estimate of drug-likeness (QED) is 0.807. The molecular weight excluding hydrogens is 368 g/mol. The first kappa shape index (κ1) is 17.7. The van der Waals surface area contributed by atoms with E-state index in [4.69, 9.17) is 4.74 Å². The van der Waals surface area contributed by atoms with Gasteiger partial charge in [-0.25, -0.2) is 0 Å². The average molecular weight is 391 g/mol. The zero-order chi connectivity index (χ0) is 17.9. The third-order valence-electron chi connectivity index (χ3n) is 5.02. The number of carbonyl (C=O) groups is 2. The van der Waals surface area contributed by atoms with E-state index in [1.807, 2.05) is 11.0 Å². The minimum atomic E-state index is -0.00371. The summed E-state index contributed by atoms with van der Waals surface area (Å²) in [7, 11) is 0. The maximum Gasteiger partial charge on any atom is 0.223 e. The predicted molar refractivity (Wildman–Crippen MR) is 103 cm³/mol. The maximum absolute atomic E-state index is 13.0. The van der Waals surface area contributed by atoms with Crippen LogP contribution in [0.5, 0.6) is 0 Å². The van der Waals surface area contributed by atoms with Gasteiger partial charge in [-0.3, -0.25) is 9.59 Å². The Bertz CT molecular complexity index is 766. The molecule has 2 aliphatic rings. The van der Waals surface area contributed by atoms with E-state index in [9.17, 15) is 9.59 Å². The molecule has 2 amide bonds. The Balaban J connectivity index is 1.45. The van der Waals surface area contributed by atoms with Crippen LogP contribution < -0.4 is 0 Å². The number of nitrogens with zero attached hydrogens (tertiary/aromatic N) is 2. The van der Waals surface area contributed by atoms with Gasteiger partial charge in [-0.05, 0) is 34.9 Å². The summed E-state index contributed by atoms with van der Waals surface area (Å²) in [4.78, 5) is 31.7. The molecule has 0 spiro atoms. The van der Waals surface area contributed by atoms with E-state index >= 15 is 0 Å². The fourth-order valence-electron chi connectivity index (χ4n) is 3.67. The van der Waals surface area contributed by atoms with Crippen molar-refractivity contribution in [2.75, 3.05) is 32.8 Å². The molecule has 7 heteroatoms. The van der Waals surface area contributed by atoms with Crippen molar-refractivity contribution in [3.63, 3.8) is 0 Å². The van der Waals surface area contributed by atoms with Crippen molar-refractivity contribution in [3.05, 3.63) is 44.3 Å². The smallest absolute Gasteiger partial charge is 0.223 e. The number of thiophene rings is 2. The lowest BCUT2D eigenvalue weighted by Crippen LogP contribution is -2.42. The van der Waals surface area contributed by atoms with Crippen molar-refractivity contribution < 1.29 is 14.3 Å². The standard InChI is InChI=1S/C19H22N2O3S2/c22-17(20-8-10-24-11-9-20)3-4-18(23)21-7-5-15-14(6-13-26-15)19(21)16-2-1-12-25-16/h1-2,6,12-13,19H,3-5,7-11H2. The van der Waals surface area contributed by atoms with Crippen LogP contribution in [-0.2, 0) is 20.7 Å². The molecule has 0 radical (unpaired) electrons. The summed E-state index contributed by atoms with van der Waals surface area (Å²) in [5.74, 6) is 0.129. The number of amides is 2. The van der Waals surface area contributed by atoms with Gasteiger partial charge in [0.2, 0.25) is 11.8 Å². The van der Waals surface area contributed by atoms with Crippen LogP contribution >= 0.6 is 22.7 Å². The summed E-state index contributed by atoms with van der Waals surface area (Å²) in [5, 5.41) is 4.17. The van der Waals surface area contributed by atoms with E-state index < -0.39 is 0 Å². The topological polar surface area (TPSA) is 49.9 Å². The lowest BCUT2D eigenvalue weighted by Gasteiger charge is -2.35. The normalized spacial score (nSPS) is 20.1. The van der Waals surface area contributed by atoms with E-state index in [-0.39, 0.29) is 30.7 Å². The highest BCUT2D eigenvalue weighted by Gasteiger charge is 2.33. The monoisotopic (exact) mass is 390 g/mol. The van der Waals surface area contributed by atoms with E-state index in [1.165, 1.54) is 15.3 Å². The van der Waals surface area contributed by atoms with Gasteiger partial charge in [-0.15, -0.1) is 22.7 Å². The Hall–Kier alpha value is -1.70. The van der Waals surface area contributed by atoms with Crippen LogP contribution in [0.1, 0.15) is 34.2 Å². The van der Waals surface area contributed by atoms with Gasteiger partial charge in [0.15, 0.2) is 0 Å². The van der Waals surface area contributed by atoms with Crippen LogP contribution in [0.15, 0.2) is 29.0 Å². The van der Waals surface area contributed by atoms with Crippen LogP contribution in [0, 0.1) is 0 Å². The van der Waals surface area contributed by atoms with E-state index in [1.54, 1.807) is 27.6 Å². The summed E-state index contributed by atoms with van der Waals surface area (Å²) < 4.78 is 5.28. The molecule has 1 saturated heterocycles. The van der Waals surface area contributed by atoms with Gasteiger partial charge in [0.1, 0.15) is 0 Å². The first-order valence-corrected chi connectivity index (χ1v) is 10.7. The third-order valence-corrected chi connectivity index (χ3v) is 6.94. The molecule has 4 heterocycles. The molecule has 0 saturated carbocycles. The molecule has 2 aromatic rings. The molecule has 26 heavy (non-hydrogen) atoms. The summed E-state index contributed by atoms with van der Waals surface area (Å²) >= 11 is 3.46. The van der Waals surface area contributed by atoms with Gasteiger partial charge in [0.05, 0.1) is 19.3 Å². The summed E-state index contributed by atoms with van der Waals surface area (Å²) in [6.07, 6.45) is 1.46. The molecule has 0 bridgehead atoms. The molecule has 5 nitrogen and oxygen atoms in total. The first-order chi connectivity index (χ1) is 12.7. The fourth-order valence-corrected chi connectivity index (χ4v) is 5.43. The number of hydrogen-bond donors (Lipinski definition) is 0. The lowest BCUT2D eigenvalue weighted by atomic mass is 9.98.